The number of hydrogen-bond acceptors (Lipinski definition) is 5. The number of azo groups is 1. The molecule has 6 nitrogen and oxygen atoms in total. The van der Waals surface area contributed by atoms with Gasteiger partial charge in [-0.15, -0.1) is 5.11 Å². The molecule has 0 aromatic heterocycles. The zero-order valence-electron chi connectivity index (χ0n) is 22.8. The molecule has 2 aromatic carbocycles. The van der Waals surface area contributed by atoms with E-state index in [4.69, 9.17) is 0 Å². The summed E-state index contributed by atoms with van der Waals surface area (Å²) in [5.41, 5.74) is -3.33. The van der Waals surface area contributed by atoms with Gasteiger partial charge in [0.1, 0.15) is 11.2 Å². The van der Waals surface area contributed by atoms with Crippen molar-refractivity contribution in [3.8, 4) is 0 Å². The van der Waals surface area contributed by atoms with Gasteiger partial charge in [-0.1, -0.05) is 12.1 Å². The van der Waals surface area contributed by atoms with Gasteiger partial charge in [0, 0.05) is 12.6 Å². The first-order valence-electron chi connectivity index (χ1n) is 13.8. The number of halogens is 7. The van der Waals surface area contributed by atoms with Crippen LogP contribution in [0.3, 0.4) is 0 Å². The summed E-state index contributed by atoms with van der Waals surface area (Å²) in [6, 6.07) is 7.78. The van der Waals surface area contributed by atoms with Crippen molar-refractivity contribution in [1.29, 1.82) is 0 Å². The third-order valence-electron chi connectivity index (χ3n) is 8.47. The van der Waals surface area contributed by atoms with Crippen LogP contribution in [-0.2, 0) is 23.7 Å². The Balaban J connectivity index is 1.31. The monoisotopic (exact) mass is 597 g/mol. The molecular weight excluding hydrogens is 567 g/mol. The number of nitrogens with zero attached hydrogens (tertiary/aromatic N) is 4. The minimum absolute atomic E-state index is 0.00381. The van der Waals surface area contributed by atoms with Gasteiger partial charge < -0.3 is 10.2 Å². The number of nitrogens with one attached hydrogen (secondary N) is 1. The van der Waals surface area contributed by atoms with Crippen LogP contribution in [-0.4, -0.2) is 41.9 Å². The van der Waals surface area contributed by atoms with E-state index in [0.29, 0.717) is 37.3 Å². The number of aliphatic imine (C=N–C) groups is 1. The highest BCUT2D eigenvalue weighted by atomic mass is 19.4. The van der Waals surface area contributed by atoms with Crippen LogP contribution >= 0.6 is 0 Å². The first kappa shape index (κ1) is 30.1. The normalized spacial score (nSPS) is 25.6. The predicted molar refractivity (Wildman–Crippen MR) is 140 cm³/mol. The second kappa shape index (κ2) is 11.4. The Bertz CT molecular complexity index is 1330. The topological polar surface area (TPSA) is 69.4 Å². The first-order chi connectivity index (χ1) is 19.7. The smallest absolute Gasteiger partial charge is 0.351 e. The van der Waals surface area contributed by atoms with E-state index in [1.165, 1.54) is 12.1 Å². The lowest BCUT2D eigenvalue weighted by atomic mass is 9.82. The Morgan fingerprint density at radius 2 is 1.60 bits per heavy atom. The van der Waals surface area contributed by atoms with E-state index in [1.54, 1.807) is 19.1 Å². The Labute approximate surface area is 238 Å². The van der Waals surface area contributed by atoms with Crippen molar-refractivity contribution in [2.24, 2.45) is 20.6 Å². The molecule has 2 fully saturated rings. The second-order valence-electron chi connectivity index (χ2n) is 11.2. The lowest BCUT2D eigenvalue weighted by Crippen LogP contribution is -2.46. The SMILES string of the molecule is CC1N=NC(C2(C(=O)NCc3cc(C(F)(F)F)cc(C(F)(F)F)c3)CCC(N3CCC(c4ccc(F)cc4)CC3)C2)=N1. The summed E-state index contributed by atoms with van der Waals surface area (Å²) in [7, 11) is 0. The summed E-state index contributed by atoms with van der Waals surface area (Å²) in [6.07, 6.45) is -7.40. The molecule has 1 amide bonds. The van der Waals surface area contributed by atoms with Gasteiger partial charge in [0.2, 0.25) is 5.91 Å². The summed E-state index contributed by atoms with van der Waals surface area (Å²) in [5.74, 6) is -0.314. The van der Waals surface area contributed by atoms with Crippen molar-refractivity contribution < 1.29 is 35.5 Å². The van der Waals surface area contributed by atoms with Crippen molar-refractivity contribution in [2.45, 2.75) is 76.1 Å². The molecule has 5 rings (SSSR count). The van der Waals surface area contributed by atoms with Crippen molar-refractivity contribution in [2.75, 3.05) is 13.1 Å². The third-order valence-corrected chi connectivity index (χ3v) is 8.47. The number of rotatable bonds is 6. The van der Waals surface area contributed by atoms with Gasteiger partial charge in [0.05, 0.1) is 11.1 Å². The van der Waals surface area contributed by atoms with Crippen molar-refractivity contribution >= 4 is 11.7 Å². The molecule has 3 aliphatic rings. The molecule has 2 heterocycles. The lowest BCUT2D eigenvalue weighted by molar-refractivity contribution is -0.143. The van der Waals surface area contributed by atoms with E-state index in [-0.39, 0.29) is 29.3 Å². The van der Waals surface area contributed by atoms with Gasteiger partial charge in [-0.05, 0) is 99.5 Å². The first-order valence-corrected chi connectivity index (χ1v) is 13.8. The summed E-state index contributed by atoms with van der Waals surface area (Å²) in [5, 5.41) is 10.8. The number of benzene rings is 2. The standard InChI is InChI=1S/C29H30F7N5O/c1-17-38-25(40-39-17)27(26(42)37-16-18-12-21(28(31,32)33)14-22(13-18)29(34,35)36)9-6-24(15-27)41-10-7-20(8-11-41)19-2-4-23(30)5-3-19/h2-5,12-14,17,20,24H,6-11,15-16H2,1H3,(H,37,42). The maximum atomic E-state index is 13.7. The van der Waals surface area contributed by atoms with E-state index >= 15 is 0 Å². The molecule has 1 saturated heterocycles. The number of alkyl halides is 6. The van der Waals surface area contributed by atoms with Gasteiger partial charge in [0.15, 0.2) is 12.0 Å². The highest BCUT2D eigenvalue weighted by molar-refractivity contribution is 6.08. The molecule has 226 valence electrons. The van der Waals surface area contributed by atoms with E-state index in [9.17, 15) is 35.5 Å². The fraction of sp³-hybridized carbons (Fsp3) is 0.517. The van der Waals surface area contributed by atoms with Crippen LogP contribution in [0.2, 0.25) is 0 Å². The van der Waals surface area contributed by atoms with E-state index in [0.717, 1.165) is 31.5 Å². The maximum absolute atomic E-state index is 13.7. The Morgan fingerprint density at radius 1 is 0.976 bits per heavy atom. The molecular formula is C29H30F7N5O. The van der Waals surface area contributed by atoms with Gasteiger partial charge in [-0.3, -0.25) is 4.79 Å². The number of amidine groups is 1. The Morgan fingerprint density at radius 3 is 2.14 bits per heavy atom. The quantitative estimate of drug-likeness (QED) is 0.361. The zero-order chi connectivity index (χ0) is 30.3. The third kappa shape index (κ3) is 6.35. The molecule has 1 aliphatic carbocycles. The minimum atomic E-state index is -4.99. The van der Waals surface area contributed by atoms with Crippen LogP contribution in [0.5, 0.6) is 0 Å². The van der Waals surface area contributed by atoms with Gasteiger partial charge >= 0.3 is 12.4 Å². The lowest BCUT2D eigenvalue weighted by Gasteiger charge is -2.37. The fourth-order valence-electron chi connectivity index (χ4n) is 6.23. The number of hydrogen-bond donors (Lipinski definition) is 1. The molecule has 3 unspecified atom stereocenters. The van der Waals surface area contributed by atoms with E-state index in [2.05, 4.69) is 25.4 Å². The van der Waals surface area contributed by atoms with Gasteiger partial charge in [-0.25, -0.2) is 9.38 Å². The predicted octanol–water partition coefficient (Wildman–Crippen LogP) is 7.11. The zero-order valence-corrected chi connectivity index (χ0v) is 22.8. The summed E-state index contributed by atoms with van der Waals surface area (Å²) in [6.45, 7) is 2.70. The highest BCUT2D eigenvalue weighted by Gasteiger charge is 2.52. The summed E-state index contributed by atoms with van der Waals surface area (Å²) >= 11 is 0. The molecule has 3 atom stereocenters. The van der Waals surface area contributed by atoms with Crippen molar-refractivity contribution in [3.05, 3.63) is 70.5 Å². The van der Waals surface area contributed by atoms with Crippen LogP contribution in [0.15, 0.2) is 57.7 Å². The van der Waals surface area contributed by atoms with Crippen molar-refractivity contribution in [1.82, 2.24) is 10.2 Å². The van der Waals surface area contributed by atoms with Crippen LogP contribution in [0, 0.1) is 11.2 Å². The summed E-state index contributed by atoms with van der Waals surface area (Å²) in [4.78, 5) is 20.4. The number of carbonyl (C=O) groups is 1. The number of likely N-dealkylation sites (tertiary alicyclic amines) is 1. The van der Waals surface area contributed by atoms with Gasteiger partial charge in [0.25, 0.3) is 0 Å². The largest absolute Gasteiger partial charge is 0.416 e. The van der Waals surface area contributed by atoms with Crippen LogP contribution in [0.1, 0.15) is 67.2 Å². The summed E-state index contributed by atoms with van der Waals surface area (Å²) < 4.78 is 93.3. The molecule has 0 bridgehead atoms. The second-order valence-corrected chi connectivity index (χ2v) is 11.2. The average Bonchev–Trinajstić information content (AvgIpc) is 3.59. The number of amides is 1. The molecule has 2 aliphatic heterocycles. The molecule has 1 N–H and O–H groups in total. The molecule has 2 aromatic rings. The Kier molecular flexibility index (Phi) is 8.16. The minimum Gasteiger partial charge on any atom is -0.351 e. The van der Waals surface area contributed by atoms with E-state index < -0.39 is 47.5 Å². The van der Waals surface area contributed by atoms with Crippen LogP contribution in [0.25, 0.3) is 0 Å². The van der Waals surface area contributed by atoms with Crippen LogP contribution < -0.4 is 5.32 Å². The Hall–Kier alpha value is -3.35. The average molecular weight is 598 g/mol. The van der Waals surface area contributed by atoms with E-state index in [1.807, 2.05) is 0 Å². The maximum Gasteiger partial charge on any atom is 0.416 e. The highest BCUT2D eigenvalue weighted by Crippen LogP contribution is 2.45. The van der Waals surface area contributed by atoms with Crippen molar-refractivity contribution in [3.63, 3.8) is 0 Å². The molecule has 0 spiro atoms. The van der Waals surface area contributed by atoms with Crippen LogP contribution in [0.4, 0.5) is 30.7 Å². The number of piperidine rings is 1. The molecule has 1 saturated carbocycles. The molecule has 0 radical (unpaired) electrons. The molecule has 42 heavy (non-hydrogen) atoms. The van der Waals surface area contributed by atoms with Gasteiger partial charge in [-0.2, -0.15) is 31.5 Å². The molecule has 13 heteroatoms. The fourth-order valence-corrected chi connectivity index (χ4v) is 6.23. The number of carbonyl (C=O) groups excluding carboxylic acids is 1.